The lowest BCUT2D eigenvalue weighted by Crippen LogP contribution is -2.33. The van der Waals surface area contributed by atoms with Crippen molar-refractivity contribution in [1.29, 1.82) is 0 Å². The van der Waals surface area contributed by atoms with Crippen molar-refractivity contribution in [3.05, 3.63) is 69.7 Å². The number of benzene rings is 2. The smallest absolute Gasteiger partial charge is 0.263 e. The highest BCUT2D eigenvalue weighted by Crippen LogP contribution is 2.48. The largest absolute Gasteiger partial charge is 0.335 e. The van der Waals surface area contributed by atoms with Crippen LogP contribution < -0.4 is 9.47 Å². The Morgan fingerprint density at radius 2 is 1.67 bits per heavy atom. The van der Waals surface area contributed by atoms with E-state index in [1.165, 1.54) is 42.0 Å². The minimum absolute atomic E-state index is 0.358. The van der Waals surface area contributed by atoms with E-state index in [9.17, 15) is 8.42 Å². The Morgan fingerprint density at radius 3 is 2.36 bits per heavy atom. The van der Waals surface area contributed by atoms with Crippen LogP contribution in [-0.2, 0) is 28.1 Å². The molecule has 2 aromatic carbocycles. The van der Waals surface area contributed by atoms with Gasteiger partial charge in [-0.2, -0.15) is 4.57 Å². The zero-order chi connectivity index (χ0) is 26.7. The van der Waals surface area contributed by atoms with Crippen molar-refractivity contribution < 1.29 is 13.0 Å². The molecule has 7 rings (SSSR count). The van der Waals surface area contributed by atoms with Crippen LogP contribution in [-0.4, -0.2) is 25.5 Å². The first-order valence-corrected chi connectivity index (χ1v) is 18.1. The van der Waals surface area contributed by atoms with Gasteiger partial charge in [0.1, 0.15) is 11.2 Å². The molecular formula is C31H33N2O2S4+. The first kappa shape index (κ1) is 25.9. The highest BCUT2D eigenvalue weighted by molar-refractivity contribution is 8.03. The SMILES string of the molecule is CCN1C(=CC2=CC(=Cc3sc4ccc(S(=O)C5CC5)cc4[n+]3CC)CC2)Sc2ccc(S(=O)C3CC3)cc21. The number of nitrogens with zero attached hydrogens (tertiary/aromatic N) is 2. The summed E-state index contributed by atoms with van der Waals surface area (Å²) in [5, 5.41) is 3.24. The van der Waals surface area contributed by atoms with Gasteiger partial charge in [0.25, 0.3) is 5.01 Å². The number of fused-ring (bicyclic) bond motifs is 2. The van der Waals surface area contributed by atoms with E-state index < -0.39 is 21.6 Å². The Balaban J connectivity index is 1.15. The summed E-state index contributed by atoms with van der Waals surface area (Å²) >= 11 is 3.65. The van der Waals surface area contributed by atoms with Crippen molar-refractivity contribution in [3.8, 4) is 0 Å². The lowest BCUT2D eigenvalue weighted by molar-refractivity contribution is -0.665. The number of hydrogen-bond donors (Lipinski definition) is 0. The van der Waals surface area contributed by atoms with Crippen LogP contribution in [0.5, 0.6) is 0 Å². The molecular weight excluding hydrogens is 561 g/mol. The minimum atomic E-state index is -0.875. The average molecular weight is 594 g/mol. The van der Waals surface area contributed by atoms with Crippen molar-refractivity contribution in [1.82, 2.24) is 0 Å². The Hall–Kier alpha value is -2.00. The second-order valence-corrected chi connectivity index (χ2v) is 16.3. The van der Waals surface area contributed by atoms with Gasteiger partial charge in [0, 0.05) is 43.9 Å². The van der Waals surface area contributed by atoms with Crippen LogP contribution in [0, 0.1) is 0 Å². The molecule has 2 atom stereocenters. The van der Waals surface area contributed by atoms with Gasteiger partial charge in [-0.25, -0.2) is 0 Å². The molecule has 0 saturated heterocycles. The summed E-state index contributed by atoms with van der Waals surface area (Å²) in [6.07, 6.45) is 13.5. The zero-order valence-electron chi connectivity index (χ0n) is 22.4. The second kappa shape index (κ2) is 10.4. The van der Waals surface area contributed by atoms with Crippen molar-refractivity contribution in [2.45, 2.75) is 84.1 Å². The maximum Gasteiger partial charge on any atom is 0.263 e. The summed E-state index contributed by atoms with van der Waals surface area (Å²) in [5.74, 6) is 0. The van der Waals surface area contributed by atoms with E-state index in [1.807, 2.05) is 23.1 Å². The van der Waals surface area contributed by atoms with E-state index >= 15 is 0 Å². The second-order valence-electron chi connectivity index (χ2n) is 10.7. The standard InChI is InChI=1S/C31H33N2O2S4/c1-3-32-26-18-24(38(34)22-7-8-22)11-13-28(26)36-30(32)16-20-5-6-21(15-20)17-31-33(4-2)27-19-25(12-14-29(27)37-31)39(35)23-9-10-23/h11-19,22-23H,3-10H2,1-2H3/q+1. The van der Waals surface area contributed by atoms with Crippen LogP contribution >= 0.6 is 23.1 Å². The van der Waals surface area contributed by atoms with Gasteiger partial charge in [0.15, 0.2) is 0 Å². The fourth-order valence-electron chi connectivity index (χ4n) is 5.44. The number of aromatic nitrogens is 1. The normalized spacial score (nSPS) is 22.6. The molecule has 4 aliphatic rings. The Bertz CT molecular complexity index is 1620. The quantitative estimate of drug-likeness (QED) is 0.257. The van der Waals surface area contributed by atoms with Crippen LogP contribution in [0.25, 0.3) is 16.3 Å². The number of anilines is 1. The van der Waals surface area contributed by atoms with Gasteiger partial charge >= 0.3 is 0 Å². The third-order valence-electron chi connectivity index (χ3n) is 7.85. The number of rotatable bonds is 8. The summed E-state index contributed by atoms with van der Waals surface area (Å²) in [4.78, 5) is 5.57. The predicted molar refractivity (Wildman–Crippen MR) is 165 cm³/mol. The monoisotopic (exact) mass is 593 g/mol. The first-order valence-electron chi connectivity index (χ1n) is 14.0. The fraction of sp³-hybridized carbons (Fsp3) is 0.387. The molecule has 0 radical (unpaired) electrons. The molecule has 1 aromatic heterocycles. The number of thiazole rings is 1. The number of thioether (sulfide) groups is 1. The molecule has 0 bridgehead atoms. The van der Waals surface area contributed by atoms with Crippen LogP contribution in [0.3, 0.4) is 0 Å². The molecule has 2 fully saturated rings. The molecule has 0 spiro atoms. The van der Waals surface area contributed by atoms with Gasteiger partial charge in [0.2, 0.25) is 5.52 Å². The summed E-state index contributed by atoms with van der Waals surface area (Å²) in [5.41, 5.74) is 5.13. The van der Waals surface area contributed by atoms with Gasteiger partial charge < -0.3 is 4.90 Å². The predicted octanol–water partition coefficient (Wildman–Crippen LogP) is 7.33. The first-order chi connectivity index (χ1) is 19.0. The third kappa shape index (κ3) is 5.03. The van der Waals surface area contributed by atoms with E-state index in [1.54, 1.807) is 0 Å². The molecule has 8 heteroatoms. The Morgan fingerprint density at radius 1 is 0.949 bits per heavy atom. The van der Waals surface area contributed by atoms with Crippen molar-refractivity contribution >= 4 is 66.7 Å². The van der Waals surface area contributed by atoms with E-state index in [0.29, 0.717) is 10.5 Å². The van der Waals surface area contributed by atoms with Gasteiger partial charge in [-0.15, -0.1) is 0 Å². The molecule has 2 heterocycles. The van der Waals surface area contributed by atoms with Crippen molar-refractivity contribution in [2.24, 2.45) is 0 Å². The molecule has 4 nitrogen and oxygen atoms in total. The topological polar surface area (TPSA) is 41.3 Å². The van der Waals surface area contributed by atoms with Crippen LogP contribution in [0.4, 0.5) is 5.69 Å². The average Bonchev–Trinajstić information content (AvgIpc) is 3.87. The van der Waals surface area contributed by atoms with Crippen LogP contribution in [0.1, 0.15) is 57.4 Å². The number of hydrogen-bond acceptors (Lipinski definition) is 5. The third-order valence-corrected chi connectivity index (χ3v) is 13.7. The summed E-state index contributed by atoms with van der Waals surface area (Å²) < 4.78 is 29.2. The van der Waals surface area contributed by atoms with E-state index in [4.69, 9.17) is 0 Å². The molecule has 2 unspecified atom stereocenters. The molecule has 0 N–H and O–H groups in total. The molecule has 0 amide bonds. The lowest BCUT2D eigenvalue weighted by atomic mass is 10.2. The Kier molecular flexibility index (Phi) is 6.94. The lowest BCUT2D eigenvalue weighted by Gasteiger charge is -2.18. The Labute approximate surface area is 243 Å². The summed E-state index contributed by atoms with van der Waals surface area (Å²) in [7, 11) is -1.75. The molecule has 3 aliphatic carbocycles. The fourth-order valence-corrected chi connectivity index (χ4v) is 10.6. The molecule has 1 aliphatic heterocycles. The van der Waals surface area contributed by atoms with Crippen molar-refractivity contribution in [3.63, 3.8) is 0 Å². The molecule has 202 valence electrons. The van der Waals surface area contributed by atoms with Gasteiger partial charge in [-0.05, 0) is 99.9 Å². The van der Waals surface area contributed by atoms with Crippen LogP contribution in [0.15, 0.2) is 79.4 Å². The molecule has 2 saturated carbocycles. The van der Waals surface area contributed by atoms with Crippen molar-refractivity contribution in [2.75, 3.05) is 11.4 Å². The summed E-state index contributed by atoms with van der Waals surface area (Å²) in [6.45, 7) is 6.18. The van der Waals surface area contributed by atoms with Gasteiger partial charge in [-0.1, -0.05) is 29.2 Å². The number of allylic oxidation sites excluding steroid dienone is 4. The van der Waals surface area contributed by atoms with E-state index in [0.717, 1.165) is 61.4 Å². The maximum atomic E-state index is 12.8. The van der Waals surface area contributed by atoms with E-state index in [2.05, 4.69) is 77.9 Å². The zero-order valence-corrected chi connectivity index (χ0v) is 25.6. The number of aryl methyl sites for hydroxylation is 1. The van der Waals surface area contributed by atoms with Gasteiger partial charge in [0.05, 0.1) is 32.3 Å². The summed E-state index contributed by atoms with van der Waals surface area (Å²) in [6, 6.07) is 12.8. The molecule has 39 heavy (non-hydrogen) atoms. The highest BCUT2D eigenvalue weighted by Gasteiger charge is 2.32. The van der Waals surface area contributed by atoms with Gasteiger partial charge in [-0.3, -0.25) is 8.42 Å². The van der Waals surface area contributed by atoms with E-state index in [-0.39, 0.29) is 0 Å². The molecule has 3 aromatic rings. The maximum absolute atomic E-state index is 12.8. The van der Waals surface area contributed by atoms with Crippen LogP contribution in [0.2, 0.25) is 0 Å². The highest BCUT2D eigenvalue weighted by atomic mass is 32.2. The minimum Gasteiger partial charge on any atom is -0.335 e.